The second-order valence-electron chi connectivity index (χ2n) is 5.14. The first-order valence-electron chi connectivity index (χ1n) is 6.63. The van der Waals surface area contributed by atoms with Gasteiger partial charge in [-0.25, -0.2) is 0 Å². The van der Waals surface area contributed by atoms with Crippen LogP contribution in [0.1, 0.15) is 22.3 Å². The predicted octanol–water partition coefficient (Wildman–Crippen LogP) is 4.27. The Bertz CT molecular complexity index is 699. The van der Waals surface area contributed by atoms with Gasteiger partial charge in [0, 0.05) is 24.4 Å². The molecule has 0 spiro atoms. The van der Waals surface area contributed by atoms with E-state index in [1.165, 1.54) is 23.3 Å². The fraction of sp³-hybridized carbons (Fsp3) is 0.250. The van der Waals surface area contributed by atoms with Crippen molar-refractivity contribution >= 4 is 11.4 Å². The highest BCUT2D eigenvalue weighted by molar-refractivity contribution is 5.50. The van der Waals surface area contributed by atoms with E-state index in [2.05, 4.69) is 24.4 Å². The molecule has 0 saturated heterocycles. The molecule has 0 unspecified atom stereocenters. The van der Waals surface area contributed by atoms with Crippen molar-refractivity contribution in [2.45, 2.75) is 27.3 Å². The van der Waals surface area contributed by atoms with Crippen LogP contribution >= 0.6 is 0 Å². The zero-order chi connectivity index (χ0) is 15.6. The molecule has 0 fully saturated rings. The molecule has 0 radical (unpaired) electrons. The molecule has 2 aromatic carbocycles. The van der Waals surface area contributed by atoms with Crippen molar-refractivity contribution in [3.05, 3.63) is 68.5 Å². The van der Waals surface area contributed by atoms with Gasteiger partial charge in [-0.15, -0.1) is 0 Å². The van der Waals surface area contributed by atoms with Crippen LogP contribution in [0.5, 0.6) is 0 Å². The van der Waals surface area contributed by atoms with E-state index >= 15 is 0 Å². The topological polar surface area (TPSA) is 55.2 Å². The largest absolute Gasteiger partial charge is 0.381 e. The third-order valence-electron chi connectivity index (χ3n) is 3.58. The minimum absolute atomic E-state index is 0.511. The third kappa shape index (κ3) is 3.37. The van der Waals surface area contributed by atoms with Gasteiger partial charge >= 0.3 is 5.69 Å². The highest BCUT2D eigenvalue weighted by Gasteiger charge is 2.13. The molecule has 4 nitrogen and oxygen atoms in total. The monoisotopic (exact) mass is 288 g/mol. The number of aryl methyl sites for hydroxylation is 3. The second kappa shape index (κ2) is 5.91. The first kappa shape index (κ1) is 15.0. The summed E-state index contributed by atoms with van der Waals surface area (Å²) in [5.41, 5.74) is 4.73. The molecule has 0 amide bonds. The van der Waals surface area contributed by atoms with Gasteiger partial charge in [0.25, 0.3) is 0 Å². The Hall–Kier alpha value is -2.43. The third-order valence-corrected chi connectivity index (χ3v) is 3.58. The van der Waals surface area contributed by atoms with Crippen molar-refractivity contribution in [1.82, 2.24) is 0 Å². The number of nitrogens with one attached hydrogen (secondary N) is 1. The van der Waals surface area contributed by atoms with Gasteiger partial charge in [-0.3, -0.25) is 10.1 Å². The number of nitro groups is 1. The maximum absolute atomic E-state index is 13.5. The van der Waals surface area contributed by atoms with Gasteiger partial charge in [0.05, 0.1) is 4.92 Å². The number of benzene rings is 2. The lowest BCUT2D eigenvalue weighted by molar-refractivity contribution is -0.387. The molecule has 2 rings (SSSR count). The molecule has 0 aliphatic heterocycles. The number of halogens is 1. The molecule has 110 valence electrons. The number of hydrogen-bond acceptors (Lipinski definition) is 3. The fourth-order valence-corrected chi connectivity index (χ4v) is 2.17. The summed E-state index contributed by atoms with van der Waals surface area (Å²) in [6, 6.07) is 8.04. The van der Waals surface area contributed by atoms with Crippen molar-refractivity contribution in [3.63, 3.8) is 0 Å². The summed E-state index contributed by atoms with van der Waals surface area (Å²) in [5.74, 6) is -0.832. The van der Waals surface area contributed by atoms with Crippen molar-refractivity contribution in [1.29, 1.82) is 0 Å². The minimum Gasteiger partial charge on any atom is -0.381 e. The van der Waals surface area contributed by atoms with E-state index in [1.54, 1.807) is 0 Å². The Morgan fingerprint density at radius 3 is 2.38 bits per heavy atom. The maximum Gasteiger partial charge on any atom is 0.304 e. The van der Waals surface area contributed by atoms with Gasteiger partial charge < -0.3 is 5.32 Å². The fourth-order valence-electron chi connectivity index (χ4n) is 2.17. The van der Waals surface area contributed by atoms with Crippen LogP contribution in [0.25, 0.3) is 0 Å². The molecule has 0 heterocycles. The molecule has 0 atom stereocenters. The normalized spacial score (nSPS) is 10.5. The lowest BCUT2D eigenvalue weighted by Gasteiger charge is -2.12. The van der Waals surface area contributed by atoms with E-state index in [0.717, 1.165) is 17.2 Å². The summed E-state index contributed by atoms with van der Waals surface area (Å²) in [7, 11) is 0. The summed E-state index contributed by atoms with van der Waals surface area (Å²) < 4.78 is 13.5. The lowest BCUT2D eigenvalue weighted by Crippen LogP contribution is -2.03. The van der Waals surface area contributed by atoms with E-state index in [-0.39, 0.29) is 0 Å². The summed E-state index contributed by atoms with van der Waals surface area (Å²) in [6.45, 7) is 6.68. The molecule has 2 aromatic rings. The van der Waals surface area contributed by atoms with Gasteiger partial charge in [0.15, 0.2) is 0 Å². The maximum atomic E-state index is 13.5. The van der Waals surface area contributed by atoms with Crippen molar-refractivity contribution < 1.29 is 9.31 Å². The van der Waals surface area contributed by atoms with Crippen molar-refractivity contribution in [2.75, 3.05) is 5.32 Å². The van der Waals surface area contributed by atoms with Crippen LogP contribution in [0.3, 0.4) is 0 Å². The Labute approximate surface area is 122 Å². The predicted molar refractivity (Wildman–Crippen MR) is 81.0 cm³/mol. The van der Waals surface area contributed by atoms with Crippen LogP contribution in [0.2, 0.25) is 0 Å². The van der Waals surface area contributed by atoms with Crippen LogP contribution in [-0.4, -0.2) is 4.92 Å². The van der Waals surface area contributed by atoms with E-state index < -0.39 is 16.4 Å². The molecule has 0 aliphatic rings. The Morgan fingerprint density at radius 2 is 1.76 bits per heavy atom. The zero-order valence-electron chi connectivity index (χ0n) is 12.2. The SMILES string of the molecule is Cc1cc(C)c(CNc2ccc([N+](=O)[O-])c(F)c2)cc1C. The van der Waals surface area contributed by atoms with Gasteiger partial charge in [0.2, 0.25) is 5.82 Å². The van der Waals surface area contributed by atoms with Gasteiger partial charge in [-0.2, -0.15) is 4.39 Å². The molecule has 0 saturated carbocycles. The molecule has 1 N–H and O–H groups in total. The number of nitro benzene ring substituents is 1. The lowest BCUT2D eigenvalue weighted by atomic mass is 10.0. The van der Waals surface area contributed by atoms with E-state index in [0.29, 0.717) is 12.2 Å². The van der Waals surface area contributed by atoms with Gasteiger partial charge in [-0.05, 0) is 49.1 Å². The second-order valence-corrected chi connectivity index (χ2v) is 5.14. The average molecular weight is 288 g/mol. The molecular formula is C16H17FN2O2. The first-order chi connectivity index (χ1) is 9.88. The number of nitrogens with zero attached hydrogens (tertiary/aromatic N) is 1. The van der Waals surface area contributed by atoms with Crippen LogP contribution in [0, 0.1) is 36.7 Å². The summed E-state index contributed by atoms with van der Waals surface area (Å²) in [5, 5.41) is 13.7. The van der Waals surface area contributed by atoms with Crippen molar-refractivity contribution in [3.8, 4) is 0 Å². The highest BCUT2D eigenvalue weighted by Crippen LogP contribution is 2.22. The Morgan fingerprint density at radius 1 is 1.10 bits per heavy atom. The molecular weight excluding hydrogens is 271 g/mol. The van der Waals surface area contributed by atoms with Gasteiger partial charge in [-0.1, -0.05) is 12.1 Å². The quantitative estimate of drug-likeness (QED) is 0.675. The van der Waals surface area contributed by atoms with E-state index in [4.69, 9.17) is 0 Å². The Kier molecular flexibility index (Phi) is 4.21. The highest BCUT2D eigenvalue weighted by atomic mass is 19.1. The van der Waals surface area contributed by atoms with Crippen LogP contribution in [0.15, 0.2) is 30.3 Å². The summed E-state index contributed by atoms with van der Waals surface area (Å²) in [4.78, 5) is 9.84. The molecule has 5 heteroatoms. The molecule has 0 bridgehead atoms. The molecule has 0 aromatic heterocycles. The molecule has 21 heavy (non-hydrogen) atoms. The standard InChI is InChI=1S/C16H17FN2O2/c1-10-6-12(3)13(7-11(10)2)9-18-14-4-5-16(19(20)21)15(17)8-14/h4-8,18H,9H2,1-3H3. The van der Waals surface area contributed by atoms with Crippen molar-refractivity contribution in [2.24, 2.45) is 0 Å². The van der Waals surface area contributed by atoms with E-state index in [9.17, 15) is 14.5 Å². The number of hydrogen-bond donors (Lipinski definition) is 1. The Balaban J connectivity index is 2.15. The minimum atomic E-state index is -0.832. The number of anilines is 1. The van der Waals surface area contributed by atoms with Crippen LogP contribution < -0.4 is 5.32 Å². The average Bonchev–Trinajstić information content (AvgIpc) is 2.41. The van der Waals surface area contributed by atoms with Crippen LogP contribution in [0.4, 0.5) is 15.8 Å². The van der Waals surface area contributed by atoms with Gasteiger partial charge in [0.1, 0.15) is 0 Å². The zero-order valence-corrected chi connectivity index (χ0v) is 12.2. The first-order valence-corrected chi connectivity index (χ1v) is 6.63. The molecule has 0 aliphatic carbocycles. The van der Waals surface area contributed by atoms with E-state index in [1.807, 2.05) is 13.8 Å². The summed E-state index contributed by atoms with van der Waals surface area (Å²) >= 11 is 0. The van der Waals surface area contributed by atoms with Crippen LogP contribution in [-0.2, 0) is 6.54 Å². The smallest absolute Gasteiger partial charge is 0.304 e. The summed E-state index contributed by atoms with van der Waals surface area (Å²) in [6.07, 6.45) is 0. The number of rotatable bonds is 4.